The lowest BCUT2D eigenvalue weighted by Gasteiger charge is -2.08. The van der Waals surface area contributed by atoms with E-state index in [-0.39, 0.29) is 0 Å². The van der Waals surface area contributed by atoms with Crippen LogP contribution in [0.25, 0.3) is 0 Å². The van der Waals surface area contributed by atoms with Gasteiger partial charge in [-0.3, -0.25) is 0 Å². The van der Waals surface area contributed by atoms with Gasteiger partial charge in [0.15, 0.2) is 0 Å². The van der Waals surface area contributed by atoms with E-state index in [0.717, 1.165) is 25.5 Å². The Morgan fingerprint density at radius 1 is 1.13 bits per heavy atom. The molecule has 0 saturated heterocycles. The third kappa shape index (κ3) is 4.77. The molecule has 0 aliphatic carbocycles. The quantitative estimate of drug-likeness (QED) is 0.733. The summed E-state index contributed by atoms with van der Waals surface area (Å²) in [6.45, 7) is 5.06. The molecule has 0 spiro atoms. The summed E-state index contributed by atoms with van der Waals surface area (Å²) in [6.07, 6.45) is 2.13. The minimum Gasteiger partial charge on any atom is -0.385 e. The lowest BCUT2D eigenvalue weighted by molar-refractivity contribution is 0.565. The largest absolute Gasteiger partial charge is 0.385 e. The molecular formula is C12H17F2N. The van der Waals surface area contributed by atoms with E-state index in [1.165, 1.54) is 12.1 Å². The standard InChI is InChI=1S/C12H17F2N/c1-9(2)4-3-5-15-12-7-10(13)6-11(14)8-12/h6-9,15H,3-5H2,1-2H3. The van der Waals surface area contributed by atoms with E-state index in [0.29, 0.717) is 11.6 Å². The zero-order chi connectivity index (χ0) is 11.3. The Balaban J connectivity index is 2.37. The van der Waals surface area contributed by atoms with E-state index in [1.54, 1.807) is 0 Å². The number of halogens is 2. The molecule has 0 radical (unpaired) electrons. The SMILES string of the molecule is CC(C)CCCNc1cc(F)cc(F)c1. The highest BCUT2D eigenvalue weighted by Gasteiger charge is 2.00. The van der Waals surface area contributed by atoms with E-state index in [9.17, 15) is 8.78 Å². The predicted molar refractivity (Wildman–Crippen MR) is 58.9 cm³/mol. The second kappa shape index (κ2) is 5.69. The summed E-state index contributed by atoms with van der Waals surface area (Å²) in [5, 5.41) is 3.00. The molecule has 0 atom stereocenters. The fourth-order valence-electron chi connectivity index (χ4n) is 1.40. The molecule has 0 unspecified atom stereocenters. The number of nitrogens with one attached hydrogen (secondary N) is 1. The van der Waals surface area contributed by atoms with Gasteiger partial charge in [0.25, 0.3) is 0 Å². The molecule has 1 N–H and O–H groups in total. The fraction of sp³-hybridized carbons (Fsp3) is 0.500. The molecule has 0 saturated carbocycles. The van der Waals surface area contributed by atoms with Crippen molar-refractivity contribution in [1.82, 2.24) is 0 Å². The van der Waals surface area contributed by atoms with Crippen molar-refractivity contribution in [3.05, 3.63) is 29.8 Å². The van der Waals surface area contributed by atoms with Crippen LogP contribution in [0.15, 0.2) is 18.2 Å². The second-order valence-electron chi connectivity index (χ2n) is 4.12. The van der Waals surface area contributed by atoms with Crippen LogP contribution in [0.2, 0.25) is 0 Å². The highest BCUT2D eigenvalue weighted by Crippen LogP contribution is 2.13. The van der Waals surface area contributed by atoms with E-state index in [4.69, 9.17) is 0 Å². The van der Waals surface area contributed by atoms with Crippen molar-refractivity contribution >= 4 is 5.69 Å². The van der Waals surface area contributed by atoms with Crippen molar-refractivity contribution in [1.29, 1.82) is 0 Å². The van der Waals surface area contributed by atoms with E-state index < -0.39 is 11.6 Å². The number of anilines is 1. The Labute approximate surface area is 89.5 Å². The zero-order valence-electron chi connectivity index (χ0n) is 9.19. The Hall–Kier alpha value is -1.12. The lowest BCUT2D eigenvalue weighted by atomic mass is 10.1. The maximum Gasteiger partial charge on any atom is 0.128 e. The van der Waals surface area contributed by atoms with Gasteiger partial charge in [-0.25, -0.2) is 8.78 Å². The minimum absolute atomic E-state index is 0.510. The van der Waals surface area contributed by atoms with Crippen LogP contribution in [-0.4, -0.2) is 6.54 Å². The fourth-order valence-corrected chi connectivity index (χ4v) is 1.40. The van der Waals surface area contributed by atoms with Gasteiger partial charge in [-0.2, -0.15) is 0 Å². The summed E-state index contributed by atoms with van der Waals surface area (Å²) in [5.41, 5.74) is 0.510. The molecule has 0 amide bonds. The highest BCUT2D eigenvalue weighted by molar-refractivity contribution is 5.43. The first-order valence-electron chi connectivity index (χ1n) is 5.28. The van der Waals surface area contributed by atoms with Crippen LogP contribution in [0.3, 0.4) is 0 Å². The molecule has 1 aromatic rings. The Morgan fingerprint density at radius 3 is 2.27 bits per heavy atom. The van der Waals surface area contributed by atoms with Crippen LogP contribution in [0, 0.1) is 17.6 Å². The van der Waals surface area contributed by atoms with Gasteiger partial charge >= 0.3 is 0 Å². The zero-order valence-corrected chi connectivity index (χ0v) is 9.19. The van der Waals surface area contributed by atoms with Gasteiger partial charge in [0.2, 0.25) is 0 Å². The van der Waals surface area contributed by atoms with Crippen molar-refractivity contribution < 1.29 is 8.78 Å². The van der Waals surface area contributed by atoms with Crippen LogP contribution < -0.4 is 5.32 Å². The van der Waals surface area contributed by atoms with Crippen LogP contribution in [0.1, 0.15) is 26.7 Å². The summed E-state index contributed by atoms with van der Waals surface area (Å²) in [6, 6.07) is 3.48. The predicted octanol–water partition coefficient (Wildman–Crippen LogP) is 3.81. The maximum absolute atomic E-state index is 12.8. The maximum atomic E-state index is 12.8. The minimum atomic E-state index is -0.540. The van der Waals surface area contributed by atoms with Crippen LogP contribution in [0.5, 0.6) is 0 Å². The van der Waals surface area contributed by atoms with E-state index in [2.05, 4.69) is 19.2 Å². The van der Waals surface area contributed by atoms with Crippen molar-refractivity contribution in [3.8, 4) is 0 Å². The van der Waals surface area contributed by atoms with Crippen molar-refractivity contribution in [3.63, 3.8) is 0 Å². The molecule has 0 aromatic heterocycles. The molecule has 1 aromatic carbocycles. The van der Waals surface area contributed by atoms with Gasteiger partial charge in [0.1, 0.15) is 11.6 Å². The van der Waals surface area contributed by atoms with Crippen LogP contribution >= 0.6 is 0 Å². The smallest absolute Gasteiger partial charge is 0.128 e. The second-order valence-corrected chi connectivity index (χ2v) is 4.12. The van der Waals surface area contributed by atoms with Crippen molar-refractivity contribution in [2.24, 2.45) is 5.92 Å². The van der Waals surface area contributed by atoms with Gasteiger partial charge in [-0.15, -0.1) is 0 Å². The third-order valence-corrected chi connectivity index (χ3v) is 2.15. The number of hydrogen-bond acceptors (Lipinski definition) is 1. The first-order chi connectivity index (χ1) is 7.08. The number of benzene rings is 1. The molecule has 1 nitrogen and oxygen atoms in total. The third-order valence-electron chi connectivity index (χ3n) is 2.15. The molecule has 0 bridgehead atoms. The highest BCUT2D eigenvalue weighted by atomic mass is 19.1. The Bertz CT molecular complexity index is 290. The summed E-state index contributed by atoms with van der Waals surface area (Å²) < 4.78 is 25.6. The molecule has 15 heavy (non-hydrogen) atoms. The molecule has 84 valence electrons. The summed E-state index contributed by atoms with van der Waals surface area (Å²) >= 11 is 0. The average molecular weight is 213 g/mol. The number of rotatable bonds is 5. The Morgan fingerprint density at radius 2 is 1.73 bits per heavy atom. The van der Waals surface area contributed by atoms with Crippen molar-refractivity contribution in [2.75, 3.05) is 11.9 Å². The van der Waals surface area contributed by atoms with Gasteiger partial charge in [0, 0.05) is 18.3 Å². The molecule has 0 heterocycles. The molecule has 0 fully saturated rings. The molecular weight excluding hydrogens is 196 g/mol. The summed E-state index contributed by atoms with van der Waals surface area (Å²) in [7, 11) is 0. The summed E-state index contributed by atoms with van der Waals surface area (Å²) in [5.74, 6) is -0.418. The molecule has 1 rings (SSSR count). The summed E-state index contributed by atoms with van der Waals surface area (Å²) in [4.78, 5) is 0. The Kier molecular flexibility index (Phi) is 4.53. The molecule has 0 aliphatic rings. The topological polar surface area (TPSA) is 12.0 Å². The van der Waals surface area contributed by atoms with Crippen LogP contribution in [-0.2, 0) is 0 Å². The van der Waals surface area contributed by atoms with E-state index >= 15 is 0 Å². The first-order valence-corrected chi connectivity index (χ1v) is 5.28. The monoisotopic (exact) mass is 213 g/mol. The van der Waals surface area contributed by atoms with Crippen molar-refractivity contribution in [2.45, 2.75) is 26.7 Å². The van der Waals surface area contributed by atoms with Gasteiger partial charge in [0.05, 0.1) is 0 Å². The molecule has 0 aliphatic heterocycles. The average Bonchev–Trinajstić information content (AvgIpc) is 2.10. The number of hydrogen-bond donors (Lipinski definition) is 1. The normalized spacial score (nSPS) is 10.7. The van der Waals surface area contributed by atoms with Gasteiger partial charge < -0.3 is 5.32 Å². The lowest BCUT2D eigenvalue weighted by Crippen LogP contribution is -2.03. The van der Waals surface area contributed by atoms with Gasteiger partial charge in [-0.1, -0.05) is 13.8 Å². The first kappa shape index (κ1) is 12.0. The van der Waals surface area contributed by atoms with Gasteiger partial charge in [-0.05, 0) is 30.9 Å². The van der Waals surface area contributed by atoms with Crippen LogP contribution in [0.4, 0.5) is 14.5 Å². The molecule has 3 heteroatoms. The van der Waals surface area contributed by atoms with E-state index in [1.807, 2.05) is 0 Å².